The van der Waals surface area contributed by atoms with Crippen molar-refractivity contribution in [2.75, 3.05) is 19.5 Å². The van der Waals surface area contributed by atoms with E-state index >= 15 is 0 Å². The second-order valence-electron chi connectivity index (χ2n) is 7.28. The van der Waals surface area contributed by atoms with Crippen molar-refractivity contribution in [3.05, 3.63) is 63.4 Å². The number of benzene rings is 2. The van der Waals surface area contributed by atoms with Gasteiger partial charge in [-0.3, -0.25) is 14.4 Å². The number of nitrogens with two attached hydrogens (primary N) is 1. The van der Waals surface area contributed by atoms with Gasteiger partial charge in [0, 0.05) is 16.8 Å². The molecule has 0 radical (unpaired) electrons. The summed E-state index contributed by atoms with van der Waals surface area (Å²) < 4.78 is 12.4. The standard InChI is InChI=1S/C23H21N5O5S/c1-12-25-20-21(34-12)19(14-6-9-16(32-2)17(10-14)33-3)27-28(23(20)31)11-18(29)26-15-7-4-13(5-8-15)22(24)30/h4-10H,11H2,1-3H3,(H2,24,30)(H,26,29). The molecule has 174 valence electrons. The van der Waals surface area contributed by atoms with E-state index < -0.39 is 17.4 Å². The van der Waals surface area contributed by atoms with Gasteiger partial charge in [0.05, 0.1) is 23.9 Å². The molecule has 3 N–H and O–H groups in total. The first-order valence-electron chi connectivity index (χ1n) is 10.1. The molecule has 0 saturated carbocycles. The van der Waals surface area contributed by atoms with Crippen LogP contribution in [0.1, 0.15) is 15.4 Å². The first kappa shape index (κ1) is 22.9. The second-order valence-corrected chi connectivity index (χ2v) is 8.48. The number of primary amides is 1. The molecule has 11 heteroatoms. The maximum atomic E-state index is 13.0. The molecule has 2 amide bonds. The van der Waals surface area contributed by atoms with Crippen LogP contribution in [0.25, 0.3) is 21.5 Å². The zero-order chi connectivity index (χ0) is 24.4. The third-order valence-corrected chi connectivity index (χ3v) is 5.99. The lowest BCUT2D eigenvalue weighted by Gasteiger charge is -2.12. The van der Waals surface area contributed by atoms with Crippen LogP contribution in [0.3, 0.4) is 0 Å². The Labute approximate surface area is 197 Å². The predicted molar refractivity (Wildman–Crippen MR) is 129 cm³/mol. The number of amides is 2. The van der Waals surface area contributed by atoms with Gasteiger partial charge in [0.2, 0.25) is 11.8 Å². The lowest BCUT2D eigenvalue weighted by molar-refractivity contribution is -0.117. The fraction of sp³-hybridized carbons (Fsp3) is 0.174. The molecule has 0 bridgehead atoms. The summed E-state index contributed by atoms with van der Waals surface area (Å²) in [6.07, 6.45) is 0. The summed E-state index contributed by atoms with van der Waals surface area (Å²) in [5.41, 5.74) is 6.96. The van der Waals surface area contributed by atoms with E-state index in [2.05, 4.69) is 15.4 Å². The number of nitrogens with one attached hydrogen (secondary N) is 1. The zero-order valence-electron chi connectivity index (χ0n) is 18.6. The molecule has 0 saturated heterocycles. The average molecular weight is 480 g/mol. The van der Waals surface area contributed by atoms with Crippen LogP contribution in [0.2, 0.25) is 0 Å². The Balaban J connectivity index is 1.71. The maximum absolute atomic E-state index is 13.0. The molecule has 0 aliphatic carbocycles. The smallest absolute Gasteiger partial charge is 0.294 e. The third kappa shape index (κ3) is 4.46. The van der Waals surface area contributed by atoms with Gasteiger partial charge in [-0.25, -0.2) is 9.67 Å². The molecule has 0 aliphatic rings. The number of hydrogen-bond acceptors (Lipinski definition) is 8. The van der Waals surface area contributed by atoms with Crippen LogP contribution in [0.15, 0.2) is 47.3 Å². The summed E-state index contributed by atoms with van der Waals surface area (Å²) in [6.45, 7) is 1.47. The molecule has 0 aliphatic heterocycles. The van der Waals surface area contributed by atoms with Crippen LogP contribution in [-0.4, -0.2) is 40.8 Å². The van der Waals surface area contributed by atoms with E-state index in [4.69, 9.17) is 15.2 Å². The van der Waals surface area contributed by atoms with Gasteiger partial charge >= 0.3 is 0 Å². The Hall–Kier alpha value is -4.25. The molecule has 2 aromatic heterocycles. The number of nitrogens with zero attached hydrogens (tertiary/aromatic N) is 3. The number of rotatable bonds is 7. The van der Waals surface area contributed by atoms with Gasteiger partial charge < -0.3 is 20.5 Å². The Kier molecular flexibility index (Phi) is 6.28. The normalized spacial score (nSPS) is 10.8. The minimum absolute atomic E-state index is 0.237. The lowest BCUT2D eigenvalue weighted by Crippen LogP contribution is -2.30. The number of carbonyl (C=O) groups excluding carboxylic acids is 2. The van der Waals surface area contributed by atoms with Gasteiger partial charge in [-0.1, -0.05) is 0 Å². The lowest BCUT2D eigenvalue weighted by atomic mass is 10.1. The van der Waals surface area contributed by atoms with Gasteiger partial charge in [0.15, 0.2) is 17.0 Å². The highest BCUT2D eigenvalue weighted by atomic mass is 32.1. The molecule has 4 rings (SSSR count). The van der Waals surface area contributed by atoms with Crippen LogP contribution in [0.5, 0.6) is 11.5 Å². The van der Waals surface area contributed by atoms with Gasteiger partial charge in [-0.15, -0.1) is 11.3 Å². The molecule has 10 nitrogen and oxygen atoms in total. The molecule has 34 heavy (non-hydrogen) atoms. The minimum Gasteiger partial charge on any atom is -0.493 e. The van der Waals surface area contributed by atoms with E-state index in [1.165, 1.54) is 30.6 Å². The van der Waals surface area contributed by atoms with E-state index in [1.54, 1.807) is 44.4 Å². The number of anilines is 1. The number of thiazole rings is 1. The zero-order valence-corrected chi connectivity index (χ0v) is 19.4. The van der Waals surface area contributed by atoms with Crippen LogP contribution in [0.4, 0.5) is 5.69 Å². The summed E-state index contributed by atoms with van der Waals surface area (Å²) in [4.78, 5) is 41.3. The van der Waals surface area contributed by atoms with Crippen LogP contribution in [0, 0.1) is 6.92 Å². The minimum atomic E-state index is -0.567. The van der Waals surface area contributed by atoms with Gasteiger partial charge in [-0.2, -0.15) is 5.10 Å². The molecule has 0 fully saturated rings. The molecule has 0 atom stereocenters. The van der Waals surface area contributed by atoms with E-state index in [0.29, 0.717) is 43.7 Å². The topological polar surface area (TPSA) is 138 Å². The van der Waals surface area contributed by atoms with Crippen molar-refractivity contribution in [1.82, 2.24) is 14.8 Å². The number of carbonyl (C=O) groups is 2. The maximum Gasteiger partial charge on any atom is 0.294 e. The molecule has 0 spiro atoms. The van der Waals surface area contributed by atoms with Crippen LogP contribution in [-0.2, 0) is 11.3 Å². The van der Waals surface area contributed by atoms with Crippen molar-refractivity contribution in [1.29, 1.82) is 0 Å². The second kappa shape index (κ2) is 9.32. The molecule has 0 unspecified atom stereocenters. The number of aryl methyl sites for hydroxylation is 1. The van der Waals surface area contributed by atoms with E-state index in [0.717, 1.165) is 4.68 Å². The quantitative estimate of drug-likeness (QED) is 0.415. The molecular formula is C23H21N5O5S. The van der Waals surface area contributed by atoms with E-state index in [-0.39, 0.29) is 12.1 Å². The fourth-order valence-corrected chi connectivity index (χ4v) is 4.32. The summed E-state index contributed by atoms with van der Waals surface area (Å²) in [6, 6.07) is 11.4. The van der Waals surface area contributed by atoms with Crippen molar-refractivity contribution in [3.8, 4) is 22.8 Å². The van der Waals surface area contributed by atoms with E-state index in [9.17, 15) is 14.4 Å². The third-order valence-electron chi connectivity index (χ3n) is 5.01. The monoisotopic (exact) mass is 479 g/mol. The molecular weight excluding hydrogens is 458 g/mol. The van der Waals surface area contributed by atoms with Gasteiger partial charge in [0.25, 0.3) is 5.56 Å². The van der Waals surface area contributed by atoms with Crippen molar-refractivity contribution < 1.29 is 19.1 Å². The number of hydrogen-bond donors (Lipinski definition) is 2. The first-order valence-corrected chi connectivity index (χ1v) is 10.9. The summed E-state index contributed by atoms with van der Waals surface area (Å²) in [5.74, 6) is 0.0262. The van der Waals surface area contributed by atoms with Crippen molar-refractivity contribution in [2.45, 2.75) is 13.5 Å². The summed E-state index contributed by atoms with van der Waals surface area (Å²) in [7, 11) is 3.07. The highest BCUT2D eigenvalue weighted by molar-refractivity contribution is 7.19. The summed E-state index contributed by atoms with van der Waals surface area (Å²) in [5, 5.41) is 7.88. The Morgan fingerprint density at radius 2 is 1.79 bits per heavy atom. The molecule has 2 heterocycles. The Morgan fingerprint density at radius 1 is 1.09 bits per heavy atom. The van der Waals surface area contributed by atoms with Gasteiger partial charge in [0.1, 0.15) is 12.2 Å². The van der Waals surface area contributed by atoms with Crippen molar-refractivity contribution in [3.63, 3.8) is 0 Å². The number of fused-ring (bicyclic) bond motifs is 1. The van der Waals surface area contributed by atoms with E-state index in [1.807, 2.05) is 0 Å². The Morgan fingerprint density at radius 3 is 2.44 bits per heavy atom. The SMILES string of the molecule is COc1ccc(-c2nn(CC(=O)Nc3ccc(C(N)=O)cc3)c(=O)c3nc(C)sc23)cc1OC. The number of methoxy groups -OCH3 is 2. The van der Waals surface area contributed by atoms with Gasteiger partial charge in [-0.05, 0) is 49.4 Å². The number of aromatic nitrogens is 3. The van der Waals surface area contributed by atoms with Crippen molar-refractivity contribution in [2.24, 2.45) is 5.73 Å². The Bertz CT molecular complexity index is 1460. The summed E-state index contributed by atoms with van der Waals surface area (Å²) >= 11 is 1.35. The first-order chi connectivity index (χ1) is 16.3. The van der Waals surface area contributed by atoms with Crippen LogP contribution >= 0.6 is 11.3 Å². The average Bonchev–Trinajstić information content (AvgIpc) is 3.22. The van der Waals surface area contributed by atoms with Crippen LogP contribution < -0.4 is 26.1 Å². The highest BCUT2D eigenvalue weighted by Crippen LogP contribution is 2.35. The predicted octanol–water partition coefficient (Wildman–Crippen LogP) is 2.58. The highest BCUT2D eigenvalue weighted by Gasteiger charge is 2.19. The fourth-order valence-electron chi connectivity index (χ4n) is 3.40. The molecule has 2 aromatic carbocycles. The number of ether oxygens (including phenoxy) is 2. The molecule has 4 aromatic rings. The van der Waals surface area contributed by atoms with Crippen molar-refractivity contribution >= 4 is 39.1 Å². The largest absolute Gasteiger partial charge is 0.493 e.